The van der Waals surface area contributed by atoms with Crippen LogP contribution in [0, 0.1) is 0 Å². The van der Waals surface area contributed by atoms with E-state index in [1.165, 1.54) is 77.0 Å². The maximum Gasteiger partial charge on any atom is -0.0533 e. The third-order valence-electron chi connectivity index (χ3n) is 2.96. The van der Waals surface area contributed by atoms with E-state index in [0.717, 1.165) is 0 Å². The van der Waals surface area contributed by atoms with Gasteiger partial charge in [-0.25, -0.2) is 0 Å². The third kappa shape index (κ3) is 19.5. The largest absolute Gasteiger partial charge is 0.344 e. The lowest BCUT2D eigenvalue weighted by Crippen LogP contribution is -1.81. The first-order chi connectivity index (χ1) is 6.91. The molecule has 0 aromatic carbocycles. The van der Waals surface area contributed by atoms with Crippen LogP contribution in [0.15, 0.2) is 0 Å². The van der Waals surface area contributed by atoms with E-state index in [-0.39, 0.29) is 10.9 Å². The van der Waals surface area contributed by atoms with Gasteiger partial charge in [0.2, 0.25) is 0 Å². The highest BCUT2D eigenvalue weighted by atomic mass is 19.0. The van der Waals surface area contributed by atoms with Crippen LogP contribution in [0.3, 0.4) is 0 Å². The molecule has 0 aromatic rings. The second kappa shape index (κ2) is 20.3. The minimum absolute atomic E-state index is 0. The zero-order chi connectivity index (χ0) is 10.5. The van der Waals surface area contributed by atoms with Crippen LogP contribution < -0.4 is 6.15 Å². The van der Waals surface area contributed by atoms with E-state index in [0.29, 0.717) is 0 Å². The van der Waals surface area contributed by atoms with Gasteiger partial charge in [0, 0.05) is 0 Å². The summed E-state index contributed by atoms with van der Waals surface area (Å²) in [6.07, 6.45) is 17.4. The van der Waals surface area contributed by atoms with Crippen molar-refractivity contribution in [1.82, 2.24) is 6.15 Å². The van der Waals surface area contributed by atoms with Gasteiger partial charge in [-0.2, -0.15) is 0 Å². The van der Waals surface area contributed by atoms with Gasteiger partial charge in [-0.1, -0.05) is 90.9 Å². The molecule has 0 fully saturated rings. The van der Waals surface area contributed by atoms with Crippen LogP contribution in [0.5, 0.6) is 0 Å². The van der Waals surface area contributed by atoms with Crippen molar-refractivity contribution in [2.45, 2.75) is 90.9 Å². The molecule has 0 aliphatic rings. The maximum atomic E-state index is 2.29. The molecule has 0 amide bonds. The molecule has 0 aliphatic heterocycles. The fourth-order valence-electron chi connectivity index (χ4n) is 1.91. The van der Waals surface area contributed by atoms with Crippen molar-refractivity contribution < 1.29 is 4.70 Å². The zero-order valence-corrected chi connectivity index (χ0v) is 11.6. The van der Waals surface area contributed by atoms with Crippen LogP contribution in [-0.2, 0) is 0 Å². The Bertz CT molecular complexity index is 84.7. The predicted molar refractivity (Wildman–Crippen MR) is 74.3 cm³/mol. The van der Waals surface area contributed by atoms with Gasteiger partial charge >= 0.3 is 0 Å². The van der Waals surface area contributed by atoms with E-state index in [2.05, 4.69) is 13.8 Å². The Kier molecular flexibility index (Phi) is 26.9. The summed E-state index contributed by atoms with van der Waals surface area (Å²) >= 11 is 0. The molecule has 3 N–H and O–H groups in total. The van der Waals surface area contributed by atoms with Crippen molar-refractivity contribution in [3.05, 3.63) is 0 Å². The summed E-state index contributed by atoms with van der Waals surface area (Å²) in [6.45, 7) is 4.57. The molecule has 0 saturated heterocycles. The predicted octanol–water partition coefficient (Wildman–Crippen LogP) is 6.02. The third-order valence-corrected chi connectivity index (χ3v) is 2.96. The molecule has 0 heterocycles. The highest BCUT2D eigenvalue weighted by molar-refractivity contribution is 4.47. The lowest BCUT2D eigenvalue weighted by Gasteiger charge is -2.01. The van der Waals surface area contributed by atoms with Crippen molar-refractivity contribution >= 4 is 0 Å². The summed E-state index contributed by atoms with van der Waals surface area (Å²) in [5.41, 5.74) is 0. The minimum Gasteiger partial charge on any atom is -0.344 e. The zero-order valence-electron chi connectivity index (χ0n) is 11.6. The number of halogens is 1. The molecule has 0 bridgehead atoms. The van der Waals surface area contributed by atoms with Gasteiger partial charge in [0.05, 0.1) is 0 Å². The summed E-state index contributed by atoms with van der Waals surface area (Å²) in [6, 6.07) is 0. The van der Waals surface area contributed by atoms with Gasteiger partial charge in [0.1, 0.15) is 0 Å². The Morgan fingerprint density at radius 1 is 0.438 bits per heavy atom. The van der Waals surface area contributed by atoms with E-state index in [1.807, 2.05) is 0 Å². The van der Waals surface area contributed by atoms with Gasteiger partial charge in [-0.15, -0.1) is 0 Å². The number of rotatable bonds is 11. The number of unbranched alkanes of at least 4 members (excludes halogenated alkanes) is 11. The van der Waals surface area contributed by atoms with Crippen LogP contribution in [0.4, 0.5) is 4.70 Å². The van der Waals surface area contributed by atoms with E-state index in [9.17, 15) is 0 Å². The van der Waals surface area contributed by atoms with Crippen molar-refractivity contribution in [3.63, 3.8) is 0 Å². The summed E-state index contributed by atoms with van der Waals surface area (Å²) in [7, 11) is 0. The smallest absolute Gasteiger partial charge is 0.0533 e. The molecule has 0 spiro atoms. The molecule has 0 radical (unpaired) electrons. The van der Waals surface area contributed by atoms with Crippen LogP contribution in [0.2, 0.25) is 0 Å². The Morgan fingerprint density at radius 2 is 0.625 bits per heavy atom. The van der Waals surface area contributed by atoms with Crippen molar-refractivity contribution in [2.24, 2.45) is 0 Å². The quantitative estimate of drug-likeness (QED) is 0.436. The van der Waals surface area contributed by atoms with Crippen molar-refractivity contribution in [3.8, 4) is 0 Å². The average molecular weight is 235 g/mol. The molecule has 0 saturated carbocycles. The summed E-state index contributed by atoms with van der Waals surface area (Å²) in [5, 5.41) is 0. The fraction of sp³-hybridized carbons (Fsp3) is 1.00. The van der Waals surface area contributed by atoms with E-state index in [1.54, 1.807) is 0 Å². The molecular formula is C14H34FN. The standard InChI is InChI=1S/C14H30.FH.H3N/c1-3-5-7-9-11-13-14-12-10-8-6-4-2;;/h3-14H2,1-2H3;1H;1H3. The lowest BCUT2D eigenvalue weighted by molar-refractivity contribution is 0.548. The molecule has 102 valence electrons. The minimum atomic E-state index is 0. The van der Waals surface area contributed by atoms with Crippen LogP contribution in [-0.4, -0.2) is 0 Å². The fourth-order valence-corrected chi connectivity index (χ4v) is 1.91. The van der Waals surface area contributed by atoms with Crippen molar-refractivity contribution in [2.75, 3.05) is 0 Å². The van der Waals surface area contributed by atoms with Crippen LogP contribution in [0.1, 0.15) is 90.9 Å². The van der Waals surface area contributed by atoms with Crippen LogP contribution >= 0.6 is 0 Å². The molecule has 0 rings (SSSR count). The molecule has 0 aromatic heterocycles. The topological polar surface area (TPSA) is 35.0 Å². The second-order valence-corrected chi connectivity index (χ2v) is 4.54. The molecule has 1 nitrogen and oxygen atoms in total. The van der Waals surface area contributed by atoms with Crippen LogP contribution in [0.25, 0.3) is 0 Å². The van der Waals surface area contributed by atoms with Gasteiger partial charge in [-0.05, 0) is 0 Å². The van der Waals surface area contributed by atoms with E-state index in [4.69, 9.17) is 0 Å². The van der Waals surface area contributed by atoms with Gasteiger partial charge in [0.15, 0.2) is 0 Å². The number of hydrogen-bond donors (Lipinski definition) is 1. The summed E-state index contributed by atoms with van der Waals surface area (Å²) < 4.78 is 0. The first-order valence-electron chi connectivity index (χ1n) is 6.91. The highest BCUT2D eigenvalue weighted by Crippen LogP contribution is 2.11. The lowest BCUT2D eigenvalue weighted by atomic mass is 10.1. The first kappa shape index (κ1) is 21.2. The molecular weight excluding hydrogens is 201 g/mol. The van der Waals surface area contributed by atoms with Gasteiger partial charge in [-0.3, -0.25) is 4.70 Å². The SMILES string of the molecule is CCCCCCCCCCCCCC.F.N. The normalized spacial score (nSPS) is 9.38. The first-order valence-corrected chi connectivity index (χ1v) is 6.91. The Morgan fingerprint density at radius 3 is 0.812 bits per heavy atom. The molecule has 16 heavy (non-hydrogen) atoms. The summed E-state index contributed by atoms with van der Waals surface area (Å²) in [4.78, 5) is 0. The average Bonchev–Trinajstić information content (AvgIpc) is 2.21. The summed E-state index contributed by atoms with van der Waals surface area (Å²) in [5.74, 6) is 0. The van der Waals surface area contributed by atoms with E-state index < -0.39 is 0 Å². The molecule has 0 aliphatic carbocycles. The molecule has 0 atom stereocenters. The number of hydrogen-bond acceptors (Lipinski definition) is 1. The Balaban J connectivity index is -0.000000845. The van der Waals surface area contributed by atoms with E-state index >= 15 is 0 Å². The highest BCUT2D eigenvalue weighted by Gasteiger charge is 1.91. The second-order valence-electron chi connectivity index (χ2n) is 4.54. The monoisotopic (exact) mass is 235 g/mol. The van der Waals surface area contributed by atoms with Gasteiger partial charge < -0.3 is 6.15 Å². The Hall–Kier alpha value is -0.110. The molecule has 2 heteroatoms. The Labute approximate surface area is 102 Å². The molecule has 0 unspecified atom stereocenters. The van der Waals surface area contributed by atoms with Gasteiger partial charge in [0.25, 0.3) is 0 Å². The maximum absolute atomic E-state index is 2.29. The van der Waals surface area contributed by atoms with Crippen molar-refractivity contribution in [1.29, 1.82) is 0 Å².